The van der Waals surface area contributed by atoms with Crippen LogP contribution in [0, 0.1) is 17.5 Å². The molecule has 0 saturated carbocycles. The van der Waals surface area contributed by atoms with E-state index in [1.54, 1.807) is 0 Å². The molecule has 2 bridgehead atoms. The summed E-state index contributed by atoms with van der Waals surface area (Å²) in [7, 11) is -4.18. The molecule has 0 radical (unpaired) electrons. The largest absolute Gasteiger partial charge is 0.315 e. The molecule has 2 heterocycles. The molecule has 8 heteroatoms. The highest BCUT2D eigenvalue weighted by atomic mass is 32.2. The van der Waals surface area contributed by atoms with Gasteiger partial charge in [0.1, 0.15) is 4.90 Å². The van der Waals surface area contributed by atoms with Crippen molar-refractivity contribution in [2.24, 2.45) is 0 Å². The maximum Gasteiger partial charge on any atom is 0.246 e. The first kappa shape index (κ1) is 14.8. The summed E-state index contributed by atoms with van der Waals surface area (Å²) in [6.07, 6.45) is 2.01. The molecular weight excluding hydrogens is 305 g/mol. The minimum absolute atomic E-state index is 0.220. The number of halogens is 3. The SMILES string of the molecule is O=S(=O)(c1ccc(F)c(F)c1F)N1C2CCNCC1CC2. The van der Waals surface area contributed by atoms with Crippen LogP contribution in [0.25, 0.3) is 0 Å². The van der Waals surface area contributed by atoms with Crippen LogP contribution in [-0.2, 0) is 10.0 Å². The summed E-state index contributed by atoms with van der Waals surface area (Å²) in [5.74, 6) is -4.80. The third-order valence-electron chi connectivity index (χ3n) is 4.14. The zero-order chi connectivity index (χ0) is 15.2. The fourth-order valence-corrected chi connectivity index (χ4v) is 5.11. The smallest absolute Gasteiger partial charge is 0.246 e. The van der Waals surface area contributed by atoms with Crippen molar-refractivity contribution < 1.29 is 21.6 Å². The first-order valence-corrected chi connectivity index (χ1v) is 8.24. The third-order valence-corrected chi connectivity index (χ3v) is 6.16. The minimum Gasteiger partial charge on any atom is -0.315 e. The highest BCUT2D eigenvalue weighted by Crippen LogP contribution is 2.35. The first-order chi connectivity index (χ1) is 9.93. The zero-order valence-corrected chi connectivity index (χ0v) is 12.0. The Morgan fingerprint density at radius 1 is 1.05 bits per heavy atom. The van der Waals surface area contributed by atoms with Gasteiger partial charge >= 0.3 is 0 Å². The van der Waals surface area contributed by atoms with Crippen molar-refractivity contribution in [1.82, 2.24) is 9.62 Å². The Morgan fingerprint density at radius 2 is 1.76 bits per heavy atom. The summed E-state index contributed by atoms with van der Waals surface area (Å²) in [6.45, 7) is 1.18. The lowest BCUT2D eigenvalue weighted by Crippen LogP contribution is -2.42. The highest BCUT2D eigenvalue weighted by molar-refractivity contribution is 7.89. The fourth-order valence-electron chi connectivity index (χ4n) is 3.15. The monoisotopic (exact) mass is 320 g/mol. The van der Waals surface area contributed by atoms with Crippen LogP contribution in [0.3, 0.4) is 0 Å². The van der Waals surface area contributed by atoms with Gasteiger partial charge in [0.2, 0.25) is 10.0 Å². The summed E-state index contributed by atoms with van der Waals surface area (Å²) in [4.78, 5) is -0.791. The molecule has 0 spiro atoms. The number of benzene rings is 1. The average molecular weight is 320 g/mol. The Labute approximate surface area is 121 Å². The van der Waals surface area contributed by atoms with Crippen molar-refractivity contribution in [2.75, 3.05) is 13.1 Å². The van der Waals surface area contributed by atoms with E-state index in [1.807, 2.05) is 0 Å². The van der Waals surface area contributed by atoms with E-state index in [-0.39, 0.29) is 12.1 Å². The van der Waals surface area contributed by atoms with Crippen LogP contribution >= 0.6 is 0 Å². The molecule has 4 nitrogen and oxygen atoms in total. The molecule has 3 rings (SSSR count). The predicted octanol–water partition coefficient (Wildman–Crippen LogP) is 1.62. The molecule has 2 atom stereocenters. The topological polar surface area (TPSA) is 49.4 Å². The fraction of sp³-hybridized carbons (Fsp3) is 0.538. The second kappa shape index (κ2) is 5.26. The van der Waals surface area contributed by atoms with Crippen LogP contribution in [0.1, 0.15) is 19.3 Å². The molecule has 116 valence electrons. The molecule has 1 aromatic carbocycles. The lowest BCUT2D eigenvalue weighted by atomic mass is 10.1. The molecule has 2 aliphatic rings. The van der Waals surface area contributed by atoms with E-state index in [1.165, 1.54) is 4.31 Å². The van der Waals surface area contributed by atoms with Gasteiger partial charge in [-0.1, -0.05) is 0 Å². The van der Waals surface area contributed by atoms with Gasteiger partial charge in [0.05, 0.1) is 0 Å². The first-order valence-electron chi connectivity index (χ1n) is 6.80. The Kier molecular flexibility index (Phi) is 3.71. The number of hydrogen-bond donors (Lipinski definition) is 1. The summed E-state index contributed by atoms with van der Waals surface area (Å²) >= 11 is 0. The van der Waals surface area contributed by atoms with Crippen molar-refractivity contribution in [3.63, 3.8) is 0 Å². The maximum atomic E-state index is 13.9. The molecule has 1 aromatic rings. The number of rotatable bonds is 2. The molecule has 0 aliphatic carbocycles. The highest BCUT2D eigenvalue weighted by Gasteiger charge is 2.44. The van der Waals surface area contributed by atoms with Crippen molar-refractivity contribution in [1.29, 1.82) is 0 Å². The van der Waals surface area contributed by atoms with Crippen LogP contribution in [0.4, 0.5) is 13.2 Å². The number of nitrogens with zero attached hydrogens (tertiary/aromatic N) is 1. The summed E-state index contributed by atoms with van der Waals surface area (Å²) in [5.41, 5.74) is 0. The van der Waals surface area contributed by atoms with Gasteiger partial charge in [-0.3, -0.25) is 0 Å². The van der Waals surface area contributed by atoms with Gasteiger partial charge in [-0.25, -0.2) is 21.6 Å². The zero-order valence-electron chi connectivity index (χ0n) is 11.2. The molecule has 2 saturated heterocycles. The van der Waals surface area contributed by atoms with Crippen molar-refractivity contribution in [3.05, 3.63) is 29.6 Å². The molecule has 1 N–H and O–H groups in total. The van der Waals surface area contributed by atoms with Crippen molar-refractivity contribution >= 4 is 10.0 Å². The molecule has 0 amide bonds. The molecule has 2 fully saturated rings. The number of sulfonamides is 1. The van der Waals surface area contributed by atoms with E-state index in [9.17, 15) is 21.6 Å². The van der Waals surface area contributed by atoms with E-state index >= 15 is 0 Å². The van der Waals surface area contributed by atoms with Gasteiger partial charge in [-0.2, -0.15) is 4.31 Å². The van der Waals surface area contributed by atoms with Gasteiger partial charge in [-0.15, -0.1) is 0 Å². The second-order valence-corrected chi connectivity index (χ2v) is 7.20. The Balaban J connectivity index is 2.07. The number of hydrogen-bond acceptors (Lipinski definition) is 3. The molecular formula is C13H15F3N2O2S. The van der Waals surface area contributed by atoms with E-state index < -0.39 is 32.4 Å². The van der Waals surface area contributed by atoms with Crippen LogP contribution in [-0.4, -0.2) is 37.9 Å². The van der Waals surface area contributed by atoms with Crippen molar-refractivity contribution in [2.45, 2.75) is 36.2 Å². The second-order valence-electron chi connectivity index (χ2n) is 5.39. The Morgan fingerprint density at radius 3 is 2.52 bits per heavy atom. The summed E-state index contributed by atoms with van der Waals surface area (Å²) in [5, 5.41) is 3.13. The van der Waals surface area contributed by atoms with E-state index in [4.69, 9.17) is 0 Å². The molecule has 21 heavy (non-hydrogen) atoms. The van der Waals surface area contributed by atoms with Gasteiger partial charge in [0, 0.05) is 18.6 Å². The summed E-state index contributed by atoms with van der Waals surface area (Å²) < 4.78 is 66.7. The lowest BCUT2D eigenvalue weighted by molar-refractivity contribution is 0.331. The van der Waals surface area contributed by atoms with Gasteiger partial charge in [0.15, 0.2) is 17.5 Å². The minimum atomic E-state index is -4.18. The van der Waals surface area contributed by atoms with Gasteiger partial charge in [0.25, 0.3) is 0 Å². The van der Waals surface area contributed by atoms with Crippen LogP contribution in [0.5, 0.6) is 0 Å². The lowest BCUT2D eigenvalue weighted by Gasteiger charge is -2.27. The normalized spacial score (nSPS) is 26.8. The Hall–Kier alpha value is -1.12. The standard InChI is InChI=1S/C13H15F3N2O2S/c14-10-3-4-11(13(16)12(10)15)21(19,20)18-8-1-2-9(18)7-17-6-5-8/h3-4,8-9,17H,1-2,5-7H2. The van der Waals surface area contributed by atoms with E-state index in [0.717, 1.165) is 6.07 Å². The van der Waals surface area contributed by atoms with Gasteiger partial charge in [-0.05, 0) is 37.9 Å². The third kappa shape index (κ3) is 2.35. The predicted molar refractivity (Wildman–Crippen MR) is 69.6 cm³/mol. The van der Waals surface area contributed by atoms with Crippen LogP contribution < -0.4 is 5.32 Å². The van der Waals surface area contributed by atoms with Gasteiger partial charge < -0.3 is 5.32 Å². The molecule has 2 unspecified atom stereocenters. The molecule has 0 aromatic heterocycles. The van der Waals surface area contributed by atoms with Crippen molar-refractivity contribution in [3.8, 4) is 0 Å². The van der Waals surface area contributed by atoms with E-state index in [0.29, 0.717) is 38.4 Å². The number of nitrogens with one attached hydrogen (secondary N) is 1. The maximum absolute atomic E-state index is 13.9. The Bertz CT molecular complexity index is 652. The number of fused-ring (bicyclic) bond motifs is 2. The molecule has 2 aliphatic heterocycles. The quantitative estimate of drug-likeness (QED) is 0.843. The van der Waals surface area contributed by atoms with Crippen LogP contribution in [0.2, 0.25) is 0 Å². The summed E-state index contributed by atoms with van der Waals surface area (Å²) in [6, 6.07) is 0.946. The van der Waals surface area contributed by atoms with Crippen LogP contribution in [0.15, 0.2) is 17.0 Å². The average Bonchev–Trinajstić information content (AvgIpc) is 2.70. The van der Waals surface area contributed by atoms with E-state index in [2.05, 4.69) is 5.32 Å².